The smallest absolute Gasteiger partial charge is 0.416 e. The van der Waals surface area contributed by atoms with Crippen molar-refractivity contribution in [2.24, 2.45) is 0 Å². The molecule has 0 bridgehead atoms. The van der Waals surface area contributed by atoms with Crippen molar-refractivity contribution >= 4 is 0 Å². The maximum Gasteiger partial charge on any atom is 0.416 e. The molecule has 106 valence electrons. The summed E-state index contributed by atoms with van der Waals surface area (Å²) in [6.45, 7) is 3.77. The van der Waals surface area contributed by atoms with Gasteiger partial charge in [-0.2, -0.15) is 13.2 Å². The SMILES string of the molecule is CC1CNCC(COc2ccc(C(F)(F)F)cc2)O1. The monoisotopic (exact) mass is 275 g/mol. The Bertz CT molecular complexity index is 405. The first-order valence-corrected chi connectivity index (χ1v) is 6.11. The van der Waals surface area contributed by atoms with Crippen molar-refractivity contribution in [3.63, 3.8) is 0 Å². The molecule has 0 aliphatic carbocycles. The highest BCUT2D eigenvalue weighted by molar-refractivity contribution is 5.28. The summed E-state index contributed by atoms with van der Waals surface area (Å²) >= 11 is 0. The highest BCUT2D eigenvalue weighted by Crippen LogP contribution is 2.30. The van der Waals surface area contributed by atoms with Crippen LogP contribution in [-0.4, -0.2) is 31.9 Å². The number of hydrogen-bond donors (Lipinski definition) is 1. The molecule has 1 fully saturated rings. The van der Waals surface area contributed by atoms with Crippen LogP contribution in [0.2, 0.25) is 0 Å². The molecular formula is C13H16F3NO2. The van der Waals surface area contributed by atoms with E-state index in [1.54, 1.807) is 0 Å². The highest BCUT2D eigenvalue weighted by Gasteiger charge is 2.30. The Morgan fingerprint density at radius 2 is 1.95 bits per heavy atom. The molecule has 2 unspecified atom stereocenters. The van der Waals surface area contributed by atoms with E-state index in [0.717, 1.165) is 18.7 Å². The minimum absolute atomic E-state index is 0.0777. The zero-order valence-electron chi connectivity index (χ0n) is 10.5. The molecule has 19 heavy (non-hydrogen) atoms. The topological polar surface area (TPSA) is 30.5 Å². The molecule has 3 nitrogen and oxygen atoms in total. The predicted octanol–water partition coefficient (Wildman–Crippen LogP) is 2.46. The lowest BCUT2D eigenvalue weighted by Gasteiger charge is -2.28. The number of alkyl halides is 3. The molecule has 6 heteroatoms. The van der Waals surface area contributed by atoms with Crippen molar-refractivity contribution in [2.45, 2.75) is 25.3 Å². The van der Waals surface area contributed by atoms with Gasteiger partial charge in [-0.25, -0.2) is 0 Å². The number of benzene rings is 1. The van der Waals surface area contributed by atoms with E-state index in [1.807, 2.05) is 6.92 Å². The molecule has 0 spiro atoms. The summed E-state index contributed by atoms with van der Waals surface area (Å²) in [7, 11) is 0. The van der Waals surface area contributed by atoms with Crippen LogP contribution in [0.1, 0.15) is 12.5 Å². The number of rotatable bonds is 3. The molecule has 1 aliphatic rings. The Morgan fingerprint density at radius 1 is 1.26 bits per heavy atom. The van der Waals surface area contributed by atoms with Gasteiger partial charge in [-0.1, -0.05) is 0 Å². The van der Waals surface area contributed by atoms with Crippen molar-refractivity contribution in [2.75, 3.05) is 19.7 Å². The maximum atomic E-state index is 12.4. The zero-order valence-corrected chi connectivity index (χ0v) is 10.5. The minimum Gasteiger partial charge on any atom is -0.491 e. The Hall–Kier alpha value is -1.27. The van der Waals surface area contributed by atoms with E-state index in [0.29, 0.717) is 18.9 Å². The van der Waals surface area contributed by atoms with Crippen LogP contribution < -0.4 is 10.1 Å². The van der Waals surface area contributed by atoms with Gasteiger partial charge in [0.05, 0.1) is 11.7 Å². The van der Waals surface area contributed by atoms with Gasteiger partial charge >= 0.3 is 6.18 Å². The first kappa shape index (κ1) is 14.1. The molecular weight excluding hydrogens is 259 g/mol. The van der Waals surface area contributed by atoms with E-state index in [9.17, 15) is 13.2 Å². The number of ether oxygens (including phenoxy) is 2. The summed E-state index contributed by atoms with van der Waals surface area (Å²) in [5, 5.41) is 3.20. The normalized spacial score (nSPS) is 24.2. The zero-order chi connectivity index (χ0) is 13.9. The van der Waals surface area contributed by atoms with E-state index < -0.39 is 11.7 Å². The molecule has 1 N–H and O–H groups in total. The molecule has 0 saturated carbocycles. The molecule has 1 aromatic rings. The van der Waals surface area contributed by atoms with Crippen LogP contribution in [0.4, 0.5) is 13.2 Å². The van der Waals surface area contributed by atoms with Gasteiger partial charge in [0.25, 0.3) is 0 Å². The summed E-state index contributed by atoms with van der Waals surface area (Å²) in [5.74, 6) is 0.412. The van der Waals surface area contributed by atoms with Crippen LogP contribution in [0.3, 0.4) is 0 Å². The summed E-state index contributed by atoms with van der Waals surface area (Å²) in [6.07, 6.45) is -4.27. The number of halogens is 3. The van der Waals surface area contributed by atoms with Gasteiger partial charge in [0.15, 0.2) is 0 Å². The van der Waals surface area contributed by atoms with Crippen LogP contribution in [0, 0.1) is 0 Å². The molecule has 1 heterocycles. The fourth-order valence-electron chi connectivity index (χ4n) is 1.90. The van der Waals surface area contributed by atoms with Crippen LogP contribution in [0.5, 0.6) is 5.75 Å². The minimum atomic E-state index is -4.32. The van der Waals surface area contributed by atoms with Crippen LogP contribution in [0.25, 0.3) is 0 Å². The standard InChI is InChI=1S/C13H16F3NO2/c1-9-6-17-7-12(19-9)8-18-11-4-2-10(3-5-11)13(14,15)16/h2-5,9,12,17H,6-8H2,1H3. The number of hydrogen-bond acceptors (Lipinski definition) is 3. The van der Waals surface area contributed by atoms with Crippen LogP contribution in [0.15, 0.2) is 24.3 Å². The quantitative estimate of drug-likeness (QED) is 0.919. The van der Waals surface area contributed by atoms with E-state index in [4.69, 9.17) is 9.47 Å². The fraction of sp³-hybridized carbons (Fsp3) is 0.538. The molecule has 2 rings (SSSR count). The van der Waals surface area contributed by atoms with E-state index in [2.05, 4.69) is 5.32 Å². The maximum absolute atomic E-state index is 12.4. The van der Waals surface area contributed by atoms with Gasteiger partial charge < -0.3 is 14.8 Å². The largest absolute Gasteiger partial charge is 0.491 e. The van der Waals surface area contributed by atoms with Crippen molar-refractivity contribution in [1.29, 1.82) is 0 Å². The second kappa shape index (κ2) is 5.79. The van der Waals surface area contributed by atoms with Crippen molar-refractivity contribution < 1.29 is 22.6 Å². The average molecular weight is 275 g/mol. The fourth-order valence-corrected chi connectivity index (χ4v) is 1.90. The molecule has 0 radical (unpaired) electrons. The van der Waals surface area contributed by atoms with Crippen molar-refractivity contribution in [1.82, 2.24) is 5.32 Å². The molecule has 1 aromatic carbocycles. The van der Waals surface area contributed by atoms with Gasteiger partial charge in [0.2, 0.25) is 0 Å². The first-order valence-electron chi connectivity index (χ1n) is 6.11. The predicted molar refractivity (Wildman–Crippen MR) is 64.1 cm³/mol. The second-order valence-electron chi connectivity index (χ2n) is 4.56. The van der Waals surface area contributed by atoms with Crippen molar-refractivity contribution in [3.05, 3.63) is 29.8 Å². The Balaban J connectivity index is 1.86. The number of morpholine rings is 1. The molecule has 2 atom stereocenters. The molecule has 0 aromatic heterocycles. The van der Waals surface area contributed by atoms with Gasteiger partial charge in [0, 0.05) is 13.1 Å². The third kappa shape index (κ3) is 4.11. The van der Waals surface area contributed by atoms with E-state index in [-0.39, 0.29) is 12.2 Å². The molecule has 0 amide bonds. The summed E-state index contributed by atoms with van der Waals surface area (Å²) in [6, 6.07) is 4.67. The lowest BCUT2D eigenvalue weighted by atomic mass is 10.2. The first-order chi connectivity index (χ1) is 8.95. The summed E-state index contributed by atoms with van der Waals surface area (Å²) < 4.78 is 48.2. The number of nitrogens with one attached hydrogen (secondary N) is 1. The third-order valence-electron chi connectivity index (χ3n) is 2.85. The van der Waals surface area contributed by atoms with Gasteiger partial charge in [-0.15, -0.1) is 0 Å². The summed E-state index contributed by atoms with van der Waals surface area (Å²) in [5.41, 5.74) is -0.677. The molecule has 1 saturated heterocycles. The lowest BCUT2D eigenvalue weighted by molar-refractivity contribution is -0.137. The molecule has 1 aliphatic heterocycles. The van der Waals surface area contributed by atoms with Crippen LogP contribution in [-0.2, 0) is 10.9 Å². The lowest BCUT2D eigenvalue weighted by Crippen LogP contribution is -2.45. The van der Waals surface area contributed by atoms with Gasteiger partial charge in [-0.3, -0.25) is 0 Å². The van der Waals surface area contributed by atoms with E-state index >= 15 is 0 Å². The Labute approximate surface area is 109 Å². The Kier molecular flexibility index (Phi) is 4.31. The summed E-state index contributed by atoms with van der Waals surface area (Å²) in [4.78, 5) is 0. The second-order valence-corrected chi connectivity index (χ2v) is 4.56. The average Bonchev–Trinajstić information content (AvgIpc) is 2.36. The van der Waals surface area contributed by atoms with Crippen LogP contribution >= 0.6 is 0 Å². The Morgan fingerprint density at radius 3 is 2.53 bits per heavy atom. The highest BCUT2D eigenvalue weighted by atomic mass is 19.4. The third-order valence-corrected chi connectivity index (χ3v) is 2.85. The van der Waals surface area contributed by atoms with Gasteiger partial charge in [-0.05, 0) is 31.2 Å². The van der Waals surface area contributed by atoms with E-state index in [1.165, 1.54) is 12.1 Å². The van der Waals surface area contributed by atoms with Gasteiger partial charge in [0.1, 0.15) is 18.5 Å². The van der Waals surface area contributed by atoms with Crippen molar-refractivity contribution in [3.8, 4) is 5.75 Å².